The second kappa shape index (κ2) is 9.34. The first-order valence-electron chi connectivity index (χ1n) is 8.24. The van der Waals surface area contributed by atoms with Gasteiger partial charge in [0.1, 0.15) is 12.3 Å². The molecule has 1 saturated carbocycles. The number of carbonyl (C=O) groups excluding carboxylic acids is 1. The van der Waals surface area contributed by atoms with Gasteiger partial charge in [0.15, 0.2) is 0 Å². The van der Waals surface area contributed by atoms with E-state index in [0.717, 1.165) is 30.0 Å². The van der Waals surface area contributed by atoms with Crippen molar-refractivity contribution in [3.05, 3.63) is 28.3 Å². The maximum atomic E-state index is 11.5. The average Bonchev–Trinajstić information content (AvgIpc) is 2.59. The number of nitrogens with zero attached hydrogens (tertiary/aromatic N) is 2. The summed E-state index contributed by atoms with van der Waals surface area (Å²) in [4.78, 5) is 21.5. The molecular weight excluding hydrogens is 364 g/mol. The summed E-state index contributed by atoms with van der Waals surface area (Å²) in [5.41, 5.74) is 5.21. The maximum Gasteiger partial charge on any atom is 0.404 e. The van der Waals surface area contributed by atoms with Gasteiger partial charge in [-0.2, -0.15) is 0 Å². The molecule has 2 rings (SSSR count). The molecular formula is C15H22N4O6S. The quantitative estimate of drug-likeness (QED) is 0.353. The zero-order valence-electron chi connectivity index (χ0n) is 14.1. The fourth-order valence-electron chi connectivity index (χ4n) is 2.94. The second-order valence-corrected chi connectivity index (χ2v) is 6.84. The Morgan fingerprint density at radius 2 is 2.12 bits per heavy atom. The van der Waals surface area contributed by atoms with E-state index in [9.17, 15) is 23.7 Å². The number of amides is 1. The van der Waals surface area contributed by atoms with Gasteiger partial charge in [-0.05, 0) is 25.0 Å². The van der Waals surface area contributed by atoms with E-state index in [1.54, 1.807) is 0 Å². The van der Waals surface area contributed by atoms with Gasteiger partial charge in [-0.25, -0.2) is 9.00 Å². The molecule has 1 atom stereocenters. The van der Waals surface area contributed by atoms with Crippen LogP contribution in [0.1, 0.15) is 32.1 Å². The van der Waals surface area contributed by atoms with E-state index < -0.39 is 22.3 Å². The van der Waals surface area contributed by atoms with Crippen LogP contribution in [0.5, 0.6) is 0 Å². The van der Waals surface area contributed by atoms with Crippen LogP contribution in [0.15, 0.2) is 18.2 Å². The molecule has 0 aromatic heterocycles. The Kier molecular flexibility index (Phi) is 7.16. The molecule has 0 saturated heterocycles. The van der Waals surface area contributed by atoms with E-state index in [2.05, 4.69) is 10.1 Å². The van der Waals surface area contributed by atoms with Crippen molar-refractivity contribution in [1.82, 2.24) is 0 Å². The minimum absolute atomic E-state index is 0.140. The number of hydrogen-bond acceptors (Lipinski definition) is 6. The standard InChI is InChI=1S/C15H22N4O6S/c16-15(20)25-9-8-18(26(23)24)12-6-7-13(14(10-12)19(21)22)17-11-4-2-1-3-5-11/h6-7,10-11,17H,1-5,8-9H2,(H2,16,20)(H,23,24). The topological polar surface area (TPSA) is 148 Å². The maximum absolute atomic E-state index is 11.5. The summed E-state index contributed by atoms with van der Waals surface area (Å²) >= 11 is -2.45. The molecule has 0 heterocycles. The van der Waals surface area contributed by atoms with Crippen LogP contribution in [0.4, 0.5) is 21.9 Å². The van der Waals surface area contributed by atoms with Crippen molar-refractivity contribution in [2.24, 2.45) is 5.73 Å². The molecule has 0 aliphatic heterocycles. The molecule has 0 spiro atoms. The van der Waals surface area contributed by atoms with E-state index >= 15 is 0 Å². The van der Waals surface area contributed by atoms with Gasteiger partial charge in [0, 0.05) is 12.1 Å². The minimum Gasteiger partial charge on any atom is -0.448 e. The first-order chi connectivity index (χ1) is 12.4. The Balaban J connectivity index is 2.19. The van der Waals surface area contributed by atoms with Gasteiger partial charge in [0.2, 0.25) is 0 Å². The highest BCUT2D eigenvalue weighted by Gasteiger charge is 2.22. The summed E-state index contributed by atoms with van der Waals surface area (Å²) in [6, 6.07) is 4.44. The number of nitro benzene ring substituents is 1. The van der Waals surface area contributed by atoms with E-state index in [-0.39, 0.29) is 30.6 Å². The van der Waals surface area contributed by atoms with E-state index in [0.29, 0.717) is 5.69 Å². The lowest BCUT2D eigenvalue weighted by molar-refractivity contribution is -0.383. The SMILES string of the molecule is NC(=O)OCCN(c1ccc(NC2CCCCC2)c([N+](=O)[O-])c1)S(=O)O. The lowest BCUT2D eigenvalue weighted by Crippen LogP contribution is -2.30. The number of nitrogens with one attached hydrogen (secondary N) is 1. The Hall–Kier alpha value is -2.40. The number of benzene rings is 1. The lowest BCUT2D eigenvalue weighted by Gasteiger charge is -2.24. The number of nitro groups is 1. The highest BCUT2D eigenvalue weighted by Crippen LogP contribution is 2.32. The Bertz CT molecular complexity index is 680. The molecule has 144 valence electrons. The van der Waals surface area contributed by atoms with Crippen LogP contribution >= 0.6 is 0 Å². The second-order valence-electron chi connectivity index (χ2n) is 5.94. The third kappa shape index (κ3) is 5.56. The molecule has 1 aliphatic rings. The molecule has 1 aromatic rings. The molecule has 1 amide bonds. The summed E-state index contributed by atoms with van der Waals surface area (Å²) in [7, 11) is 0. The van der Waals surface area contributed by atoms with Crippen LogP contribution < -0.4 is 15.4 Å². The Labute approximate surface area is 153 Å². The van der Waals surface area contributed by atoms with Crippen molar-refractivity contribution >= 4 is 34.4 Å². The first kappa shape index (κ1) is 19.9. The summed E-state index contributed by atoms with van der Waals surface area (Å²) in [6.07, 6.45) is 4.24. The van der Waals surface area contributed by atoms with Gasteiger partial charge in [-0.3, -0.25) is 19.0 Å². The molecule has 26 heavy (non-hydrogen) atoms. The Morgan fingerprint density at radius 1 is 1.42 bits per heavy atom. The average molecular weight is 386 g/mol. The summed E-state index contributed by atoms with van der Waals surface area (Å²) < 4.78 is 26.5. The van der Waals surface area contributed by atoms with Gasteiger partial charge in [-0.1, -0.05) is 19.3 Å². The number of anilines is 2. The summed E-state index contributed by atoms with van der Waals surface area (Å²) in [5.74, 6) is 0. The molecule has 1 aromatic carbocycles. The largest absolute Gasteiger partial charge is 0.448 e. The molecule has 4 N–H and O–H groups in total. The fourth-order valence-corrected chi connectivity index (χ4v) is 3.47. The van der Waals surface area contributed by atoms with Crippen LogP contribution in [0.2, 0.25) is 0 Å². The molecule has 1 fully saturated rings. The lowest BCUT2D eigenvalue weighted by atomic mass is 9.95. The zero-order valence-corrected chi connectivity index (χ0v) is 14.9. The molecule has 1 aliphatic carbocycles. The van der Waals surface area contributed by atoms with Gasteiger partial charge in [0.25, 0.3) is 17.0 Å². The van der Waals surface area contributed by atoms with Gasteiger partial charge in [-0.15, -0.1) is 0 Å². The number of nitrogens with two attached hydrogens (primary N) is 1. The summed E-state index contributed by atoms with van der Waals surface area (Å²) in [6.45, 7) is -0.365. The molecule has 11 heteroatoms. The van der Waals surface area contributed by atoms with Crippen LogP contribution in [0, 0.1) is 10.1 Å². The normalized spacial score (nSPS) is 15.9. The number of primary amides is 1. The van der Waals surface area contributed by atoms with E-state index in [1.165, 1.54) is 24.6 Å². The molecule has 10 nitrogen and oxygen atoms in total. The number of carbonyl (C=O) groups is 1. The van der Waals surface area contributed by atoms with Gasteiger partial charge < -0.3 is 15.8 Å². The highest BCUT2D eigenvalue weighted by atomic mass is 32.2. The van der Waals surface area contributed by atoms with Gasteiger partial charge in [0.05, 0.1) is 17.2 Å². The number of rotatable bonds is 8. The zero-order chi connectivity index (χ0) is 19.1. The smallest absolute Gasteiger partial charge is 0.404 e. The van der Waals surface area contributed by atoms with Crippen LogP contribution in [-0.2, 0) is 16.0 Å². The fraction of sp³-hybridized carbons (Fsp3) is 0.533. The summed E-state index contributed by atoms with van der Waals surface area (Å²) in [5, 5.41) is 14.6. The number of hydrogen-bond donors (Lipinski definition) is 3. The predicted octanol–water partition coefficient (Wildman–Crippen LogP) is 2.38. The van der Waals surface area contributed by atoms with Crippen molar-refractivity contribution in [3.63, 3.8) is 0 Å². The molecule has 0 bridgehead atoms. The van der Waals surface area contributed by atoms with Crippen LogP contribution in [0.25, 0.3) is 0 Å². The third-order valence-corrected chi connectivity index (χ3v) is 4.93. The molecule has 1 unspecified atom stereocenters. The van der Waals surface area contributed by atoms with Crippen molar-refractivity contribution in [3.8, 4) is 0 Å². The van der Waals surface area contributed by atoms with Crippen molar-refractivity contribution in [2.45, 2.75) is 38.1 Å². The van der Waals surface area contributed by atoms with Crippen molar-refractivity contribution in [1.29, 1.82) is 0 Å². The van der Waals surface area contributed by atoms with Crippen molar-refractivity contribution < 1.29 is 23.2 Å². The van der Waals surface area contributed by atoms with Crippen molar-refractivity contribution in [2.75, 3.05) is 22.8 Å². The monoisotopic (exact) mass is 386 g/mol. The minimum atomic E-state index is -2.45. The van der Waals surface area contributed by atoms with Crippen LogP contribution in [-0.4, -0.2) is 39.0 Å². The first-order valence-corrected chi connectivity index (χ1v) is 9.30. The van der Waals surface area contributed by atoms with Crippen LogP contribution in [0.3, 0.4) is 0 Å². The third-order valence-electron chi connectivity index (χ3n) is 4.16. The van der Waals surface area contributed by atoms with E-state index in [1.807, 2.05) is 0 Å². The predicted molar refractivity (Wildman–Crippen MR) is 97.2 cm³/mol. The number of ether oxygens (including phenoxy) is 1. The van der Waals surface area contributed by atoms with E-state index in [4.69, 9.17) is 5.73 Å². The molecule has 0 radical (unpaired) electrons. The Morgan fingerprint density at radius 3 is 2.69 bits per heavy atom. The highest BCUT2D eigenvalue weighted by molar-refractivity contribution is 7.80. The van der Waals surface area contributed by atoms with Gasteiger partial charge >= 0.3 is 6.09 Å².